The molecule has 0 bridgehead atoms. The molecule has 2 N–H and O–H groups in total. The SMILES string of the molecule is Cc1nnc(NCC(O)c2ccc(Cl)cc2)c(C#N)c1C. The lowest BCUT2D eigenvalue weighted by Gasteiger charge is -2.14. The Kier molecular flexibility index (Phi) is 4.73. The molecule has 1 aromatic carbocycles. The fourth-order valence-electron chi connectivity index (χ4n) is 1.87. The first kappa shape index (κ1) is 15.2. The van der Waals surface area contributed by atoms with Crippen molar-refractivity contribution < 1.29 is 5.11 Å². The lowest BCUT2D eigenvalue weighted by molar-refractivity contribution is 0.191. The molecule has 0 aliphatic rings. The van der Waals surface area contributed by atoms with Gasteiger partial charge in [-0.3, -0.25) is 0 Å². The third-order valence-electron chi connectivity index (χ3n) is 3.28. The number of benzene rings is 1. The molecule has 0 spiro atoms. The summed E-state index contributed by atoms with van der Waals surface area (Å²) < 4.78 is 0. The Morgan fingerprint density at radius 1 is 1.29 bits per heavy atom. The van der Waals surface area contributed by atoms with Crippen molar-refractivity contribution in [3.63, 3.8) is 0 Å². The highest BCUT2D eigenvalue weighted by atomic mass is 35.5. The van der Waals surface area contributed by atoms with Gasteiger partial charge in [0, 0.05) is 11.6 Å². The van der Waals surface area contributed by atoms with Gasteiger partial charge < -0.3 is 10.4 Å². The number of halogens is 1. The van der Waals surface area contributed by atoms with Gasteiger partial charge in [0.1, 0.15) is 11.6 Å². The summed E-state index contributed by atoms with van der Waals surface area (Å²) >= 11 is 5.81. The average molecular weight is 303 g/mol. The Morgan fingerprint density at radius 3 is 2.57 bits per heavy atom. The quantitative estimate of drug-likeness (QED) is 0.907. The van der Waals surface area contributed by atoms with Crippen LogP contribution in [0, 0.1) is 25.2 Å². The normalized spacial score (nSPS) is 11.8. The number of nitriles is 1. The van der Waals surface area contributed by atoms with Gasteiger partial charge in [-0.1, -0.05) is 23.7 Å². The van der Waals surface area contributed by atoms with E-state index in [2.05, 4.69) is 21.6 Å². The summed E-state index contributed by atoms with van der Waals surface area (Å²) in [5.41, 5.74) is 2.69. The first-order valence-corrected chi connectivity index (χ1v) is 6.82. The molecule has 0 aliphatic heterocycles. The van der Waals surface area contributed by atoms with E-state index in [4.69, 9.17) is 11.6 Å². The molecule has 1 atom stereocenters. The van der Waals surface area contributed by atoms with E-state index < -0.39 is 6.10 Å². The molecule has 0 saturated heterocycles. The van der Waals surface area contributed by atoms with Crippen LogP contribution in [0.3, 0.4) is 0 Å². The molecule has 6 heteroatoms. The molecule has 0 radical (unpaired) electrons. The molecule has 1 unspecified atom stereocenters. The first-order chi connectivity index (χ1) is 10.0. The molecule has 5 nitrogen and oxygen atoms in total. The van der Waals surface area contributed by atoms with Crippen LogP contribution >= 0.6 is 11.6 Å². The molecule has 2 rings (SSSR count). The zero-order valence-electron chi connectivity index (χ0n) is 11.8. The molecule has 21 heavy (non-hydrogen) atoms. The van der Waals surface area contributed by atoms with E-state index in [-0.39, 0.29) is 6.54 Å². The smallest absolute Gasteiger partial charge is 0.167 e. The fraction of sp³-hybridized carbons (Fsp3) is 0.267. The molecular weight excluding hydrogens is 288 g/mol. The highest BCUT2D eigenvalue weighted by Crippen LogP contribution is 2.20. The van der Waals surface area contributed by atoms with Gasteiger partial charge in [0.25, 0.3) is 0 Å². The van der Waals surface area contributed by atoms with Crippen LogP contribution in [0.25, 0.3) is 0 Å². The molecule has 2 aromatic rings. The summed E-state index contributed by atoms with van der Waals surface area (Å²) in [5.74, 6) is 0.383. The molecule has 0 aliphatic carbocycles. The van der Waals surface area contributed by atoms with Crippen molar-refractivity contribution in [2.45, 2.75) is 20.0 Å². The van der Waals surface area contributed by atoms with E-state index in [1.807, 2.05) is 6.92 Å². The molecule has 1 aromatic heterocycles. The number of rotatable bonds is 4. The van der Waals surface area contributed by atoms with Crippen molar-refractivity contribution in [2.75, 3.05) is 11.9 Å². The van der Waals surface area contributed by atoms with Gasteiger partial charge in [0.2, 0.25) is 0 Å². The minimum Gasteiger partial charge on any atom is -0.387 e. The van der Waals surface area contributed by atoms with E-state index in [0.29, 0.717) is 16.4 Å². The van der Waals surface area contributed by atoms with Crippen molar-refractivity contribution in [3.05, 3.63) is 51.7 Å². The minimum absolute atomic E-state index is 0.230. The third-order valence-corrected chi connectivity index (χ3v) is 3.54. The summed E-state index contributed by atoms with van der Waals surface area (Å²) in [5, 5.41) is 30.9. The predicted octanol–water partition coefficient (Wildman–Crippen LogP) is 2.76. The molecular formula is C15H15ClN4O. The number of nitrogens with one attached hydrogen (secondary N) is 1. The molecule has 0 saturated carbocycles. The molecule has 0 amide bonds. The summed E-state index contributed by atoms with van der Waals surface area (Å²) in [7, 11) is 0. The van der Waals surface area contributed by atoms with Gasteiger partial charge in [-0.15, -0.1) is 5.10 Å². The van der Waals surface area contributed by atoms with Crippen LogP contribution in [0.1, 0.15) is 28.5 Å². The number of anilines is 1. The first-order valence-electron chi connectivity index (χ1n) is 6.44. The summed E-state index contributed by atoms with van der Waals surface area (Å²) in [6.45, 7) is 3.85. The van der Waals surface area contributed by atoms with Crippen molar-refractivity contribution in [2.24, 2.45) is 0 Å². The highest BCUT2D eigenvalue weighted by Gasteiger charge is 2.13. The topological polar surface area (TPSA) is 81.8 Å². The van der Waals surface area contributed by atoms with Crippen molar-refractivity contribution in [1.82, 2.24) is 10.2 Å². The number of hydrogen-bond acceptors (Lipinski definition) is 5. The van der Waals surface area contributed by atoms with Crippen molar-refractivity contribution in [1.29, 1.82) is 5.26 Å². The van der Waals surface area contributed by atoms with Gasteiger partial charge in [0.05, 0.1) is 11.8 Å². The zero-order valence-corrected chi connectivity index (χ0v) is 12.5. The second-order valence-corrected chi connectivity index (χ2v) is 5.13. The van der Waals surface area contributed by atoms with E-state index in [0.717, 1.165) is 16.8 Å². The maximum Gasteiger partial charge on any atom is 0.167 e. The maximum absolute atomic E-state index is 10.1. The molecule has 0 fully saturated rings. The van der Waals surface area contributed by atoms with E-state index in [1.54, 1.807) is 31.2 Å². The summed E-state index contributed by atoms with van der Waals surface area (Å²) in [4.78, 5) is 0. The number of aliphatic hydroxyl groups excluding tert-OH is 1. The summed E-state index contributed by atoms with van der Waals surface area (Å²) in [6.07, 6.45) is -0.725. The Hall–Kier alpha value is -2.16. The monoisotopic (exact) mass is 302 g/mol. The van der Waals surface area contributed by atoms with Crippen LogP contribution in [0.5, 0.6) is 0 Å². The van der Waals surface area contributed by atoms with Crippen LogP contribution in [0.4, 0.5) is 5.82 Å². The van der Waals surface area contributed by atoms with Crippen molar-refractivity contribution >= 4 is 17.4 Å². The standard InChI is InChI=1S/C15H15ClN4O/c1-9-10(2)19-20-15(13(9)7-17)18-8-14(21)11-3-5-12(16)6-4-11/h3-6,14,21H,8H2,1-2H3,(H,18,20). The lowest BCUT2D eigenvalue weighted by Crippen LogP contribution is -2.15. The predicted molar refractivity (Wildman–Crippen MR) is 81.1 cm³/mol. The van der Waals surface area contributed by atoms with E-state index >= 15 is 0 Å². The van der Waals surface area contributed by atoms with Crippen LogP contribution in [0.2, 0.25) is 5.02 Å². The van der Waals surface area contributed by atoms with E-state index in [1.165, 1.54) is 0 Å². The largest absolute Gasteiger partial charge is 0.387 e. The second kappa shape index (κ2) is 6.53. The van der Waals surface area contributed by atoms with Crippen LogP contribution in [0.15, 0.2) is 24.3 Å². The zero-order chi connectivity index (χ0) is 15.4. The summed E-state index contributed by atoms with van der Waals surface area (Å²) in [6, 6.07) is 9.06. The highest BCUT2D eigenvalue weighted by molar-refractivity contribution is 6.30. The Morgan fingerprint density at radius 2 is 1.95 bits per heavy atom. The average Bonchev–Trinajstić information content (AvgIpc) is 2.49. The Bertz CT molecular complexity index is 679. The van der Waals surface area contributed by atoms with Gasteiger partial charge in [0.15, 0.2) is 5.82 Å². The van der Waals surface area contributed by atoms with Gasteiger partial charge in [-0.2, -0.15) is 10.4 Å². The minimum atomic E-state index is -0.725. The number of hydrogen-bond donors (Lipinski definition) is 2. The molecule has 1 heterocycles. The van der Waals surface area contributed by atoms with Crippen LogP contribution < -0.4 is 5.32 Å². The van der Waals surface area contributed by atoms with Crippen LogP contribution in [-0.4, -0.2) is 21.8 Å². The van der Waals surface area contributed by atoms with Crippen LogP contribution in [-0.2, 0) is 0 Å². The Balaban J connectivity index is 2.12. The Labute approximate surface area is 128 Å². The number of nitrogens with zero attached hydrogens (tertiary/aromatic N) is 3. The third kappa shape index (κ3) is 3.48. The maximum atomic E-state index is 10.1. The van der Waals surface area contributed by atoms with Gasteiger partial charge in [-0.05, 0) is 37.1 Å². The number of aryl methyl sites for hydroxylation is 1. The van der Waals surface area contributed by atoms with Gasteiger partial charge >= 0.3 is 0 Å². The van der Waals surface area contributed by atoms with Gasteiger partial charge in [-0.25, -0.2) is 0 Å². The number of aliphatic hydroxyl groups is 1. The van der Waals surface area contributed by atoms with E-state index in [9.17, 15) is 10.4 Å². The fourth-order valence-corrected chi connectivity index (χ4v) is 1.99. The molecule has 108 valence electrons. The lowest BCUT2D eigenvalue weighted by atomic mass is 10.1. The second-order valence-electron chi connectivity index (χ2n) is 4.69. The van der Waals surface area contributed by atoms with Crippen molar-refractivity contribution in [3.8, 4) is 6.07 Å². The number of aromatic nitrogens is 2.